The van der Waals surface area contributed by atoms with Crippen LogP contribution in [0.2, 0.25) is 0 Å². The highest BCUT2D eigenvalue weighted by molar-refractivity contribution is 5.81. The summed E-state index contributed by atoms with van der Waals surface area (Å²) in [6, 6.07) is 0. The fraction of sp³-hybridized carbons (Fsp3) is 0.929. The molecule has 0 aliphatic heterocycles. The number of carbonyl (C=O) groups is 2. The number of hydrogen-bond donors (Lipinski definition) is 2. The van der Waals surface area contributed by atoms with E-state index in [1.807, 2.05) is 0 Å². The second-order valence-corrected chi connectivity index (χ2v) is 12.4. The number of rotatable bonds is 7. The number of nitrogens with one attached hydrogen (secondary N) is 1. The van der Waals surface area contributed by atoms with Crippen LogP contribution in [0.1, 0.15) is 98.3 Å². The minimum Gasteiger partial charge on any atom is -0.465 e. The van der Waals surface area contributed by atoms with Gasteiger partial charge in [-0.3, -0.25) is 9.59 Å². The molecule has 4 saturated carbocycles. The monoisotopic (exact) mass is 461 g/mol. The van der Waals surface area contributed by atoms with Gasteiger partial charge in [-0.25, -0.2) is 0 Å². The SMILES string of the molecule is CCOC(=O)CNC(=O)CC[C@@H](C)[C@H]1CC[C@H]2[C@@H]3CCC4C[C@H](O)CC[C@]4(C)[C@H]3CC[C@]12C. The van der Waals surface area contributed by atoms with Crippen molar-refractivity contribution >= 4 is 11.9 Å². The zero-order valence-corrected chi connectivity index (χ0v) is 21.4. The summed E-state index contributed by atoms with van der Waals surface area (Å²) in [5.41, 5.74) is 0.837. The van der Waals surface area contributed by atoms with Crippen LogP contribution in [-0.4, -0.2) is 36.2 Å². The molecule has 33 heavy (non-hydrogen) atoms. The van der Waals surface area contributed by atoms with Crippen molar-refractivity contribution in [2.75, 3.05) is 13.2 Å². The van der Waals surface area contributed by atoms with E-state index in [1.165, 1.54) is 44.9 Å². The second-order valence-electron chi connectivity index (χ2n) is 12.4. The first kappa shape index (κ1) is 25.0. The van der Waals surface area contributed by atoms with Crippen LogP contribution in [0, 0.1) is 46.3 Å². The third-order valence-corrected chi connectivity index (χ3v) is 11.0. The number of carbonyl (C=O) groups excluding carboxylic acids is 2. The number of hydrogen-bond acceptors (Lipinski definition) is 4. The Balaban J connectivity index is 1.35. The highest BCUT2D eigenvalue weighted by Gasteiger charge is 2.60. The van der Waals surface area contributed by atoms with Gasteiger partial charge >= 0.3 is 5.97 Å². The average Bonchev–Trinajstić information content (AvgIpc) is 3.14. The Morgan fingerprint density at radius 3 is 2.52 bits per heavy atom. The first-order valence-electron chi connectivity index (χ1n) is 13.8. The number of fused-ring (bicyclic) bond motifs is 5. The summed E-state index contributed by atoms with van der Waals surface area (Å²) in [6.07, 6.45) is 12.5. The van der Waals surface area contributed by atoms with E-state index in [1.54, 1.807) is 6.92 Å². The Morgan fingerprint density at radius 1 is 1.03 bits per heavy atom. The number of amides is 1. The summed E-state index contributed by atoms with van der Waals surface area (Å²) in [6.45, 7) is 9.58. The summed E-state index contributed by atoms with van der Waals surface area (Å²) in [4.78, 5) is 23.8. The molecule has 0 bridgehead atoms. The van der Waals surface area contributed by atoms with Crippen molar-refractivity contribution in [2.24, 2.45) is 46.3 Å². The van der Waals surface area contributed by atoms with Gasteiger partial charge < -0.3 is 15.2 Å². The van der Waals surface area contributed by atoms with Crippen LogP contribution in [0.5, 0.6) is 0 Å². The molecule has 0 aromatic carbocycles. The van der Waals surface area contributed by atoms with E-state index in [0.29, 0.717) is 35.7 Å². The summed E-state index contributed by atoms with van der Waals surface area (Å²) in [5.74, 6) is 4.06. The van der Waals surface area contributed by atoms with Crippen molar-refractivity contribution in [3.05, 3.63) is 0 Å². The quantitative estimate of drug-likeness (QED) is 0.517. The van der Waals surface area contributed by atoms with Gasteiger partial charge in [-0.2, -0.15) is 0 Å². The van der Waals surface area contributed by atoms with Crippen LogP contribution in [0.15, 0.2) is 0 Å². The van der Waals surface area contributed by atoms with E-state index in [2.05, 4.69) is 26.1 Å². The molecule has 0 saturated heterocycles. The van der Waals surface area contributed by atoms with Crippen molar-refractivity contribution in [2.45, 2.75) is 104 Å². The van der Waals surface area contributed by atoms with Crippen LogP contribution in [0.3, 0.4) is 0 Å². The topological polar surface area (TPSA) is 75.6 Å². The first-order chi connectivity index (χ1) is 15.7. The first-order valence-corrected chi connectivity index (χ1v) is 13.8. The Labute approximate surface area is 200 Å². The largest absolute Gasteiger partial charge is 0.465 e. The maximum Gasteiger partial charge on any atom is 0.325 e. The lowest BCUT2D eigenvalue weighted by Crippen LogP contribution is -2.54. The zero-order chi connectivity index (χ0) is 23.8. The van der Waals surface area contributed by atoms with Crippen LogP contribution in [0.25, 0.3) is 0 Å². The van der Waals surface area contributed by atoms with E-state index in [0.717, 1.165) is 42.9 Å². The molecule has 4 rings (SSSR count). The minimum absolute atomic E-state index is 0.0237. The van der Waals surface area contributed by atoms with E-state index >= 15 is 0 Å². The zero-order valence-electron chi connectivity index (χ0n) is 21.4. The molecule has 1 unspecified atom stereocenters. The third kappa shape index (κ3) is 4.73. The molecule has 0 heterocycles. The van der Waals surface area contributed by atoms with Gasteiger partial charge in [-0.1, -0.05) is 20.8 Å². The standard InChI is InChI=1S/C28H47NO4/c1-5-33-26(32)17-29-25(31)11-6-18(2)22-9-10-23-21-8-7-19-16-20(30)12-14-27(19,3)24(21)13-15-28(22,23)4/h18-24,30H,5-17H2,1-4H3,(H,29,31)/t18-,19?,20-,21+,22-,23+,24+,27+,28-/m1/s1. The Kier molecular flexibility index (Phi) is 7.48. The summed E-state index contributed by atoms with van der Waals surface area (Å²) >= 11 is 0. The number of aliphatic hydroxyl groups excluding tert-OH is 1. The lowest BCUT2D eigenvalue weighted by atomic mass is 9.44. The van der Waals surface area contributed by atoms with Crippen LogP contribution >= 0.6 is 0 Å². The highest BCUT2D eigenvalue weighted by Crippen LogP contribution is 2.68. The number of esters is 1. The van der Waals surface area contributed by atoms with Gasteiger partial charge in [0, 0.05) is 6.42 Å². The molecule has 5 nitrogen and oxygen atoms in total. The molecule has 1 amide bonds. The van der Waals surface area contributed by atoms with Gasteiger partial charge in [0.05, 0.1) is 12.7 Å². The molecule has 0 radical (unpaired) electrons. The van der Waals surface area contributed by atoms with Gasteiger partial charge in [-0.05, 0) is 117 Å². The minimum atomic E-state index is -0.363. The van der Waals surface area contributed by atoms with Gasteiger partial charge in [0.15, 0.2) is 0 Å². The maximum absolute atomic E-state index is 12.3. The van der Waals surface area contributed by atoms with Crippen LogP contribution in [-0.2, 0) is 14.3 Å². The summed E-state index contributed by atoms with van der Waals surface area (Å²) < 4.78 is 4.89. The van der Waals surface area contributed by atoms with E-state index < -0.39 is 0 Å². The van der Waals surface area contributed by atoms with Crippen LogP contribution < -0.4 is 5.32 Å². The summed E-state index contributed by atoms with van der Waals surface area (Å²) in [7, 11) is 0. The molecule has 188 valence electrons. The van der Waals surface area contributed by atoms with Crippen molar-refractivity contribution in [3.8, 4) is 0 Å². The van der Waals surface area contributed by atoms with Gasteiger partial charge in [-0.15, -0.1) is 0 Å². The van der Waals surface area contributed by atoms with Crippen molar-refractivity contribution in [1.82, 2.24) is 5.32 Å². The molecule has 4 aliphatic rings. The molecule has 9 atom stereocenters. The lowest BCUT2D eigenvalue weighted by molar-refractivity contribution is -0.143. The maximum atomic E-state index is 12.3. The van der Waals surface area contributed by atoms with Crippen molar-refractivity contribution < 1.29 is 19.4 Å². The smallest absolute Gasteiger partial charge is 0.325 e. The normalized spacial score (nSPS) is 43.1. The molecule has 0 aromatic heterocycles. The highest BCUT2D eigenvalue weighted by atomic mass is 16.5. The molecular weight excluding hydrogens is 414 g/mol. The van der Waals surface area contributed by atoms with Crippen LogP contribution in [0.4, 0.5) is 0 Å². The van der Waals surface area contributed by atoms with E-state index in [9.17, 15) is 14.7 Å². The third-order valence-electron chi connectivity index (χ3n) is 11.0. The second kappa shape index (κ2) is 9.87. The number of aliphatic hydroxyl groups is 1. The fourth-order valence-electron chi connectivity index (χ4n) is 9.24. The predicted octanol–water partition coefficient (Wildman–Crippen LogP) is 5.10. The molecule has 2 N–H and O–H groups in total. The molecular formula is C28H47NO4. The van der Waals surface area contributed by atoms with Gasteiger partial charge in [0.25, 0.3) is 0 Å². The Morgan fingerprint density at radius 2 is 1.76 bits per heavy atom. The van der Waals surface area contributed by atoms with Gasteiger partial charge in [0.2, 0.25) is 5.91 Å². The summed E-state index contributed by atoms with van der Waals surface area (Å²) in [5, 5.41) is 13.0. The average molecular weight is 462 g/mol. The lowest BCUT2D eigenvalue weighted by Gasteiger charge is -2.61. The van der Waals surface area contributed by atoms with Gasteiger partial charge in [0.1, 0.15) is 6.54 Å². The van der Waals surface area contributed by atoms with E-state index in [4.69, 9.17) is 4.74 Å². The van der Waals surface area contributed by atoms with Crippen molar-refractivity contribution in [1.29, 1.82) is 0 Å². The molecule has 0 aromatic rings. The fourth-order valence-corrected chi connectivity index (χ4v) is 9.24. The predicted molar refractivity (Wildman–Crippen MR) is 129 cm³/mol. The van der Waals surface area contributed by atoms with Crippen molar-refractivity contribution in [3.63, 3.8) is 0 Å². The molecule has 4 aliphatic carbocycles. The molecule has 5 heteroatoms. The van der Waals surface area contributed by atoms with E-state index in [-0.39, 0.29) is 24.5 Å². The number of ether oxygens (including phenoxy) is 1. The molecule has 0 spiro atoms. The molecule has 4 fully saturated rings. The Bertz CT molecular complexity index is 725. The Hall–Kier alpha value is -1.10.